The molecule has 0 radical (unpaired) electrons. The van der Waals surface area contributed by atoms with Crippen molar-refractivity contribution < 1.29 is 0 Å². The number of imidazole rings is 1. The van der Waals surface area contributed by atoms with Gasteiger partial charge in [-0.2, -0.15) is 0 Å². The third-order valence-electron chi connectivity index (χ3n) is 4.62. The molecule has 0 amide bonds. The van der Waals surface area contributed by atoms with Crippen LogP contribution >= 0.6 is 0 Å². The van der Waals surface area contributed by atoms with Crippen LogP contribution in [0.4, 0.5) is 0 Å². The van der Waals surface area contributed by atoms with E-state index in [4.69, 9.17) is 4.98 Å². The number of aryl methyl sites for hydroxylation is 3. The Bertz CT molecular complexity index is 983. The van der Waals surface area contributed by atoms with Gasteiger partial charge in [0.1, 0.15) is 5.82 Å². The number of nitrogens with zero attached hydrogens (tertiary/aromatic N) is 2. The largest absolute Gasteiger partial charge is 0.324 e. The molecule has 2 heteroatoms. The summed E-state index contributed by atoms with van der Waals surface area (Å²) in [6.45, 7) is 3.10. The minimum Gasteiger partial charge on any atom is -0.324 e. The van der Waals surface area contributed by atoms with Gasteiger partial charge in [-0.25, -0.2) is 4.98 Å². The van der Waals surface area contributed by atoms with E-state index in [9.17, 15) is 0 Å². The van der Waals surface area contributed by atoms with Gasteiger partial charge in [0.15, 0.2) is 0 Å². The number of rotatable bonds is 5. The molecule has 0 saturated carbocycles. The molecule has 0 atom stereocenters. The van der Waals surface area contributed by atoms with Gasteiger partial charge in [-0.1, -0.05) is 66.2 Å². The van der Waals surface area contributed by atoms with Crippen molar-refractivity contribution in [1.29, 1.82) is 0 Å². The zero-order chi connectivity index (χ0) is 17.1. The standard InChI is InChI=1S/C23H22N2/c1-18-9-7-13-20(17-18)23-24-21-14-5-6-15-22(21)25(23)16-8-12-19-10-3-2-4-11-19/h2-7,9-11,13-15,17H,8,12,16H2,1H3. The molecule has 25 heavy (non-hydrogen) atoms. The van der Waals surface area contributed by atoms with Crippen LogP contribution < -0.4 is 0 Å². The number of benzene rings is 3. The summed E-state index contributed by atoms with van der Waals surface area (Å²) in [6, 6.07) is 27.7. The van der Waals surface area contributed by atoms with Crippen molar-refractivity contribution in [3.05, 3.63) is 90.0 Å². The molecular formula is C23H22N2. The lowest BCUT2D eigenvalue weighted by molar-refractivity contribution is 0.663. The van der Waals surface area contributed by atoms with Gasteiger partial charge in [0.25, 0.3) is 0 Å². The van der Waals surface area contributed by atoms with Gasteiger partial charge >= 0.3 is 0 Å². The molecule has 0 spiro atoms. The molecule has 0 bridgehead atoms. The first-order valence-corrected chi connectivity index (χ1v) is 8.87. The average Bonchev–Trinajstić information content (AvgIpc) is 3.02. The zero-order valence-electron chi connectivity index (χ0n) is 14.5. The third-order valence-corrected chi connectivity index (χ3v) is 4.62. The summed E-state index contributed by atoms with van der Waals surface area (Å²) in [5, 5.41) is 0. The van der Waals surface area contributed by atoms with Gasteiger partial charge in [0.05, 0.1) is 11.0 Å². The lowest BCUT2D eigenvalue weighted by Crippen LogP contribution is -2.02. The summed E-state index contributed by atoms with van der Waals surface area (Å²) in [5.41, 5.74) is 6.13. The summed E-state index contributed by atoms with van der Waals surface area (Å²) in [6.07, 6.45) is 2.18. The summed E-state index contributed by atoms with van der Waals surface area (Å²) in [5.74, 6) is 1.07. The molecule has 0 N–H and O–H groups in total. The molecule has 0 saturated heterocycles. The molecule has 1 aromatic heterocycles. The number of para-hydroxylation sites is 2. The molecule has 0 aliphatic heterocycles. The van der Waals surface area contributed by atoms with E-state index in [1.54, 1.807) is 0 Å². The Morgan fingerprint density at radius 2 is 1.64 bits per heavy atom. The van der Waals surface area contributed by atoms with Crippen molar-refractivity contribution in [3.63, 3.8) is 0 Å². The summed E-state index contributed by atoms with van der Waals surface area (Å²) in [7, 11) is 0. The highest BCUT2D eigenvalue weighted by atomic mass is 15.1. The van der Waals surface area contributed by atoms with Crippen LogP contribution in [0, 0.1) is 6.92 Å². The third kappa shape index (κ3) is 3.34. The minimum absolute atomic E-state index is 0.971. The van der Waals surface area contributed by atoms with E-state index in [1.165, 1.54) is 22.2 Å². The second-order valence-corrected chi connectivity index (χ2v) is 6.53. The Hall–Kier alpha value is -2.87. The fraction of sp³-hybridized carbons (Fsp3) is 0.174. The van der Waals surface area contributed by atoms with Gasteiger partial charge in [-0.3, -0.25) is 0 Å². The van der Waals surface area contributed by atoms with Crippen LogP contribution in [0.2, 0.25) is 0 Å². The van der Waals surface area contributed by atoms with Crippen LogP contribution in [-0.2, 0) is 13.0 Å². The first kappa shape index (κ1) is 15.6. The maximum atomic E-state index is 4.91. The summed E-state index contributed by atoms with van der Waals surface area (Å²) < 4.78 is 2.37. The number of fused-ring (bicyclic) bond motifs is 1. The molecule has 1 heterocycles. The number of aromatic nitrogens is 2. The van der Waals surface area contributed by atoms with E-state index in [0.717, 1.165) is 30.7 Å². The topological polar surface area (TPSA) is 17.8 Å². The monoisotopic (exact) mass is 326 g/mol. The van der Waals surface area contributed by atoms with Crippen molar-refractivity contribution in [2.75, 3.05) is 0 Å². The highest BCUT2D eigenvalue weighted by molar-refractivity contribution is 5.80. The zero-order valence-corrected chi connectivity index (χ0v) is 14.5. The highest BCUT2D eigenvalue weighted by Gasteiger charge is 2.12. The Morgan fingerprint density at radius 1 is 0.840 bits per heavy atom. The van der Waals surface area contributed by atoms with Gasteiger partial charge < -0.3 is 4.57 Å². The predicted molar refractivity (Wildman–Crippen MR) is 105 cm³/mol. The molecule has 0 aliphatic rings. The Labute approximate surface area is 148 Å². The second-order valence-electron chi connectivity index (χ2n) is 6.53. The molecule has 2 nitrogen and oxygen atoms in total. The average molecular weight is 326 g/mol. The first-order chi connectivity index (χ1) is 12.3. The van der Waals surface area contributed by atoms with E-state index < -0.39 is 0 Å². The molecule has 0 aliphatic carbocycles. The molecule has 0 unspecified atom stereocenters. The lowest BCUT2D eigenvalue weighted by atomic mass is 10.1. The van der Waals surface area contributed by atoms with Crippen molar-refractivity contribution in [1.82, 2.24) is 9.55 Å². The van der Waals surface area contributed by atoms with E-state index >= 15 is 0 Å². The molecule has 124 valence electrons. The fourth-order valence-corrected chi connectivity index (χ4v) is 3.39. The Morgan fingerprint density at radius 3 is 2.48 bits per heavy atom. The minimum atomic E-state index is 0.971. The van der Waals surface area contributed by atoms with Crippen molar-refractivity contribution >= 4 is 11.0 Å². The van der Waals surface area contributed by atoms with E-state index in [2.05, 4.69) is 90.4 Å². The fourth-order valence-electron chi connectivity index (χ4n) is 3.39. The summed E-state index contributed by atoms with van der Waals surface area (Å²) >= 11 is 0. The van der Waals surface area contributed by atoms with Gasteiger partial charge in [-0.15, -0.1) is 0 Å². The predicted octanol–water partition coefficient (Wildman–Crippen LogP) is 5.64. The van der Waals surface area contributed by atoms with Crippen LogP contribution in [0.15, 0.2) is 78.9 Å². The SMILES string of the molecule is Cc1cccc(-c2nc3ccccc3n2CCCc2ccccc2)c1. The highest BCUT2D eigenvalue weighted by Crippen LogP contribution is 2.26. The molecule has 0 fully saturated rings. The van der Waals surface area contributed by atoms with Crippen molar-refractivity contribution in [2.45, 2.75) is 26.3 Å². The van der Waals surface area contributed by atoms with Crippen LogP contribution in [0.25, 0.3) is 22.4 Å². The maximum absolute atomic E-state index is 4.91. The van der Waals surface area contributed by atoms with Crippen LogP contribution in [-0.4, -0.2) is 9.55 Å². The maximum Gasteiger partial charge on any atom is 0.141 e. The lowest BCUT2D eigenvalue weighted by Gasteiger charge is -2.10. The van der Waals surface area contributed by atoms with Crippen LogP contribution in [0.3, 0.4) is 0 Å². The van der Waals surface area contributed by atoms with Gasteiger partial charge in [-0.05, 0) is 43.5 Å². The van der Waals surface area contributed by atoms with E-state index in [-0.39, 0.29) is 0 Å². The van der Waals surface area contributed by atoms with Gasteiger partial charge in [0.2, 0.25) is 0 Å². The molecule has 3 aromatic carbocycles. The van der Waals surface area contributed by atoms with Crippen molar-refractivity contribution in [3.8, 4) is 11.4 Å². The number of hydrogen-bond donors (Lipinski definition) is 0. The van der Waals surface area contributed by atoms with Crippen molar-refractivity contribution in [2.24, 2.45) is 0 Å². The van der Waals surface area contributed by atoms with E-state index in [0.29, 0.717) is 0 Å². The van der Waals surface area contributed by atoms with Gasteiger partial charge in [0, 0.05) is 12.1 Å². The smallest absolute Gasteiger partial charge is 0.141 e. The Kier molecular flexibility index (Phi) is 4.34. The summed E-state index contributed by atoms with van der Waals surface area (Å²) in [4.78, 5) is 4.91. The quantitative estimate of drug-likeness (QED) is 0.464. The molecule has 4 aromatic rings. The van der Waals surface area contributed by atoms with Crippen LogP contribution in [0.1, 0.15) is 17.5 Å². The second kappa shape index (κ2) is 6.94. The van der Waals surface area contributed by atoms with Crippen LogP contribution in [0.5, 0.6) is 0 Å². The first-order valence-electron chi connectivity index (χ1n) is 8.87. The molecular weight excluding hydrogens is 304 g/mol. The molecule has 4 rings (SSSR count). The number of hydrogen-bond acceptors (Lipinski definition) is 1. The van der Waals surface area contributed by atoms with E-state index in [1.807, 2.05) is 0 Å². The normalized spacial score (nSPS) is 11.1. The Balaban J connectivity index is 1.67.